The summed E-state index contributed by atoms with van der Waals surface area (Å²) in [5, 5.41) is 13.3. The number of benzene rings is 3. The van der Waals surface area contributed by atoms with Gasteiger partial charge in [-0.3, -0.25) is 4.79 Å². The first-order chi connectivity index (χ1) is 15.6. The van der Waals surface area contributed by atoms with Gasteiger partial charge in [0.25, 0.3) is 5.91 Å². The van der Waals surface area contributed by atoms with Crippen molar-refractivity contribution >= 4 is 17.5 Å². The molecule has 1 aliphatic heterocycles. The third-order valence-corrected chi connectivity index (χ3v) is 6.13. The lowest BCUT2D eigenvalue weighted by atomic mass is 10.0. The normalized spacial score (nSPS) is 18.6. The van der Waals surface area contributed by atoms with Gasteiger partial charge in [-0.15, -0.1) is 0 Å². The maximum absolute atomic E-state index is 12.6. The lowest BCUT2D eigenvalue weighted by Gasteiger charge is -2.19. The number of carbonyl (C=O) groups excluding carboxylic acids is 1. The molecule has 1 heterocycles. The minimum absolute atomic E-state index is 0.113. The molecule has 3 aromatic carbocycles. The van der Waals surface area contributed by atoms with Crippen LogP contribution in [0, 0.1) is 11.3 Å². The van der Waals surface area contributed by atoms with Crippen molar-refractivity contribution in [2.45, 2.75) is 31.2 Å². The maximum atomic E-state index is 12.6. The topological polar surface area (TPSA) is 71.3 Å². The molecule has 0 saturated heterocycles. The number of amides is 1. The summed E-state index contributed by atoms with van der Waals surface area (Å²) in [6, 6.07) is 20.6. The van der Waals surface area contributed by atoms with Crippen molar-refractivity contribution in [3.05, 3.63) is 87.9 Å². The summed E-state index contributed by atoms with van der Waals surface area (Å²) in [4.78, 5) is 12.6. The second-order valence-electron chi connectivity index (χ2n) is 8.12. The van der Waals surface area contributed by atoms with Crippen LogP contribution in [0.5, 0.6) is 17.2 Å². The Morgan fingerprint density at radius 3 is 2.66 bits per heavy atom. The van der Waals surface area contributed by atoms with E-state index >= 15 is 0 Å². The largest absolute Gasteiger partial charge is 0.493 e. The molecule has 0 aromatic heterocycles. The van der Waals surface area contributed by atoms with Crippen LogP contribution < -0.4 is 14.8 Å². The molecule has 1 amide bonds. The van der Waals surface area contributed by atoms with Crippen LogP contribution in [0.3, 0.4) is 0 Å². The van der Waals surface area contributed by atoms with E-state index in [2.05, 4.69) is 11.4 Å². The number of fused-ring (bicyclic) bond motifs is 1. The molecule has 1 fully saturated rings. The molecule has 32 heavy (non-hydrogen) atoms. The van der Waals surface area contributed by atoms with Crippen LogP contribution >= 0.6 is 11.6 Å². The fraction of sp³-hybridized carbons (Fsp3) is 0.231. The van der Waals surface area contributed by atoms with Gasteiger partial charge in [-0.05, 0) is 72.9 Å². The van der Waals surface area contributed by atoms with Crippen molar-refractivity contribution in [3.63, 3.8) is 0 Å². The van der Waals surface area contributed by atoms with E-state index in [0.29, 0.717) is 40.2 Å². The zero-order chi connectivity index (χ0) is 22.1. The number of hydrogen-bond donors (Lipinski definition) is 1. The molecule has 160 valence electrons. The Labute approximate surface area is 191 Å². The first-order valence-electron chi connectivity index (χ1n) is 10.6. The number of aryl methyl sites for hydroxylation is 1. The van der Waals surface area contributed by atoms with Crippen molar-refractivity contribution in [2.24, 2.45) is 0 Å². The van der Waals surface area contributed by atoms with Gasteiger partial charge < -0.3 is 14.8 Å². The SMILES string of the molecule is N#Cc1cc2c(cc1Oc1ccc(C(=O)NC3CC3c3ccc(Cl)cc3)cc1)OCCC2. The molecule has 2 aliphatic rings. The molecule has 3 aromatic rings. The van der Waals surface area contributed by atoms with Crippen molar-refractivity contribution in [2.75, 3.05) is 6.61 Å². The predicted molar refractivity (Wildman–Crippen MR) is 122 cm³/mol. The first kappa shape index (κ1) is 20.4. The van der Waals surface area contributed by atoms with Crippen molar-refractivity contribution in [1.82, 2.24) is 5.32 Å². The van der Waals surface area contributed by atoms with Crippen LogP contribution in [-0.2, 0) is 6.42 Å². The van der Waals surface area contributed by atoms with Gasteiger partial charge in [0.1, 0.15) is 23.3 Å². The molecule has 5 nitrogen and oxygen atoms in total. The number of hydrogen-bond acceptors (Lipinski definition) is 4. The molecule has 0 spiro atoms. The lowest BCUT2D eigenvalue weighted by Crippen LogP contribution is -2.26. The molecule has 6 heteroatoms. The Morgan fingerprint density at radius 1 is 1.12 bits per heavy atom. The highest BCUT2D eigenvalue weighted by Crippen LogP contribution is 2.41. The van der Waals surface area contributed by atoms with Crippen molar-refractivity contribution in [3.8, 4) is 23.3 Å². The average Bonchev–Trinajstić information content (AvgIpc) is 3.58. The number of nitriles is 1. The molecular formula is C26H21ClN2O3. The van der Waals surface area contributed by atoms with E-state index in [1.54, 1.807) is 30.3 Å². The fourth-order valence-electron chi connectivity index (χ4n) is 4.04. The van der Waals surface area contributed by atoms with Gasteiger partial charge in [0.2, 0.25) is 0 Å². The Hall–Kier alpha value is -3.49. The highest BCUT2D eigenvalue weighted by molar-refractivity contribution is 6.30. The van der Waals surface area contributed by atoms with Gasteiger partial charge >= 0.3 is 0 Å². The summed E-state index contributed by atoms with van der Waals surface area (Å²) in [5.74, 6) is 1.99. The third-order valence-electron chi connectivity index (χ3n) is 5.88. The van der Waals surface area contributed by atoms with Crippen molar-refractivity contribution in [1.29, 1.82) is 5.26 Å². The Balaban J connectivity index is 1.23. The Bertz CT molecular complexity index is 1200. The van der Waals surface area contributed by atoms with Crippen LogP contribution in [0.2, 0.25) is 5.02 Å². The molecule has 2 atom stereocenters. The zero-order valence-corrected chi connectivity index (χ0v) is 18.1. The van der Waals surface area contributed by atoms with Gasteiger partial charge in [0, 0.05) is 28.6 Å². The summed E-state index contributed by atoms with van der Waals surface area (Å²) in [6.45, 7) is 0.669. The van der Waals surface area contributed by atoms with E-state index < -0.39 is 0 Å². The number of halogens is 1. The monoisotopic (exact) mass is 444 g/mol. The van der Waals surface area contributed by atoms with Gasteiger partial charge in [0.05, 0.1) is 12.2 Å². The summed E-state index contributed by atoms with van der Waals surface area (Å²) in [6.07, 6.45) is 2.77. The van der Waals surface area contributed by atoms with Crippen molar-refractivity contribution < 1.29 is 14.3 Å². The summed E-state index contributed by atoms with van der Waals surface area (Å²) >= 11 is 5.95. The highest BCUT2D eigenvalue weighted by Gasteiger charge is 2.39. The molecule has 2 unspecified atom stereocenters. The van der Waals surface area contributed by atoms with Gasteiger partial charge in [-0.2, -0.15) is 5.26 Å². The predicted octanol–water partition coefficient (Wildman–Crippen LogP) is 5.61. The first-order valence-corrected chi connectivity index (χ1v) is 11.0. The van der Waals surface area contributed by atoms with Crippen LogP contribution in [0.1, 0.15) is 45.8 Å². The Kier molecular flexibility index (Phi) is 5.46. The summed E-state index contributed by atoms with van der Waals surface area (Å²) in [7, 11) is 0. The van der Waals surface area contributed by atoms with E-state index in [1.165, 1.54) is 5.56 Å². The highest BCUT2D eigenvalue weighted by atomic mass is 35.5. The molecule has 1 N–H and O–H groups in total. The average molecular weight is 445 g/mol. The van der Waals surface area contributed by atoms with E-state index in [0.717, 1.165) is 30.6 Å². The number of carbonyl (C=O) groups is 1. The minimum atomic E-state index is -0.113. The third kappa shape index (κ3) is 4.28. The zero-order valence-electron chi connectivity index (χ0n) is 17.3. The smallest absolute Gasteiger partial charge is 0.251 e. The molecule has 0 bridgehead atoms. The van der Waals surface area contributed by atoms with E-state index in [9.17, 15) is 10.1 Å². The standard InChI is InChI=1S/C26H21ClN2O3/c27-20-7-3-16(4-8-20)22-13-23(22)29-26(30)17-5-9-21(10-6-17)32-25-14-24-18(2-1-11-31-24)12-19(25)15-28/h3-10,12,14,22-23H,1-2,11,13H2,(H,29,30). The fourth-order valence-corrected chi connectivity index (χ4v) is 4.16. The lowest BCUT2D eigenvalue weighted by molar-refractivity contribution is 0.0950. The summed E-state index contributed by atoms with van der Waals surface area (Å²) in [5.41, 5.74) is 3.25. The number of nitrogens with zero attached hydrogens (tertiary/aromatic N) is 1. The van der Waals surface area contributed by atoms with Crippen LogP contribution in [0.4, 0.5) is 0 Å². The van der Waals surface area contributed by atoms with E-state index in [-0.39, 0.29) is 11.9 Å². The number of nitrogens with one attached hydrogen (secondary N) is 1. The quantitative estimate of drug-likeness (QED) is 0.554. The maximum Gasteiger partial charge on any atom is 0.251 e. The molecule has 0 radical (unpaired) electrons. The van der Waals surface area contributed by atoms with Crippen LogP contribution in [-0.4, -0.2) is 18.6 Å². The van der Waals surface area contributed by atoms with Gasteiger partial charge in [-0.1, -0.05) is 23.7 Å². The second-order valence-corrected chi connectivity index (χ2v) is 8.56. The van der Waals surface area contributed by atoms with Gasteiger partial charge in [0.15, 0.2) is 0 Å². The molecule has 1 aliphatic carbocycles. The van der Waals surface area contributed by atoms with Gasteiger partial charge in [-0.25, -0.2) is 0 Å². The summed E-state index contributed by atoms with van der Waals surface area (Å²) < 4.78 is 11.6. The number of ether oxygens (including phenoxy) is 2. The van der Waals surface area contributed by atoms with Crippen LogP contribution in [0.15, 0.2) is 60.7 Å². The van der Waals surface area contributed by atoms with E-state index in [4.69, 9.17) is 21.1 Å². The second kappa shape index (κ2) is 8.57. The van der Waals surface area contributed by atoms with E-state index in [1.807, 2.05) is 30.3 Å². The molecular weight excluding hydrogens is 424 g/mol. The number of rotatable bonds is 5. The van der Waals surface area contributed by atoms with Crippen LogP contribution in [0.25, 0.3) is 0 Å². The Morgan fingerprint density at radius 2 is 1.91 bits per heavy atom. The minimum Gasteiger partial charge on any atom is -0.493 e. The molecule has 1 saturated carbocycles. The molecule has 5 rings (SSSR count).